The quantitative estimate of drug-likeness (QED) is 0.933. The fourth-order valence-electron chi connectivity index (χ4n) is 1.26. The minimum Gasteiger partial charge on any atom is -0.263 e. The Bertz CT molecular complexity index is 646. The maximum Gasteiger partial charge on any atom is 0.274 e. The molecule has 0 bridgehead atoms. The van der Waals surface area contributed by atoms with E-state index in [9.17, 15) is 8.42 Å². The normalized spacial score (nSPS) is 11.7. The summed E-state index contributed by atoms with van der Waals surface area (Å²) < 4.78 is 28.3. The van der Waals surface area contributed by atoms with Gasteiger partial charge in [0.05, 0.1) is 11.9 Å². The van der Waals surface area contributed by atoms with Crippen molar-refractivity contribution in [2.45, 2.75) is 11.1 Å². The van der Waals surface area contributed by atoms with Gasteiger partial charge in [-0.3, -0.25) is 9.40 Å². The van der Waals surface area contributed by atoms with Gasteiger partial charge in [-0.2, -0.15) is 5.10 Å². The Hall–Kier alpha value is -1.12. The largest absolute Gasteiger partial charge is 0.274 e. The van der Waals surface area contributed by atoms with E-state index in [2.05, 4.69) is 14.8 Å². The molecule has 17 heavy (non-hydrogen) atoms. The summed E-state index contributed by atoms with van der Waals surface area (Å²) in [5.41, 5.74) is 0.384. The maximum atomic E-state index is 12.0. The number of hydrogen-bond donors (Lipinski definition) is 1. The number of aryl methyl sites for hydroxylation is 2. The molecule has 0 aliphatic heterocycles. The Kier molecular flexibility index (Phi) is 3.11. The van der Waals surface area contributed by atoms with Crippen molar-refractivity contribution in [2.75, 3.05) is 4.72 Å². The predicted octanol–water partition coefficient (Wildman–Crippen LogP) is 1.64. The number of halogens is 1. The van der Waals surface area contributed by atoms with Crippen molar-refractivity contribution in [1.82, 2.24) is 14.8 Å². The number of nitrogens with zero attached hydrogens (tertiary/aromatic N) is 3. The summed E-state index contributed by atoms with van der Waals surface area (Å²) in [6, 6.07) is 1.57. The Morgan fingerprint density at radius 3 is 2.71 bits per heavy atom. The third-order valence-electron chi connectivity index (χ3n) is 2.03. The highest BCUT2D eigenvalue weighted by Gasteiger charge is 2.22. The van der Waals surface area contributed by atoms with E-state index < -0.39 is 10.0 Å². The van der Waals surface area contributed by atoms with E-state index in [0.29, 0.717) is 11.5 Å². The van der Waals surface area contributed by atoms with Crippen LogP contribution < -0.4 is 4.72 Å². The minimum absolute atomic E-state index is 0.115. The van der Waals surface area contributed by atoms with Gasteiger partial charge in [-0.05, 0) is 6.92 Å². The molecular weight excluding hydrogens is 284 g/mol. The molecule has 2 aromatic heterocycles. The summed E-state index contributed by atoms with van der Waals surface area (Å²) in [4.78, 5) is 3.87. The predicted molar refractivity (Wildman–Crippen MR) is 65.9 cm³/mol. The number of thiazole rings is 1. The molecule has 0 saturated heterocycles. The van der Waals surface area contributed by atoms with E-state index in [0.717, 1.165) is 11.3 Å². The molecule has 0 aliphatic carbocycles. The molecule has 1 N–H and O–H groups in total. The molecule has 0 radical (unpaired) electrons. The van der Waals surface area contributed by atoms with Crippen LogP contribution in [0.4, 0.5) is 5.82 Å². The van der Waals surface area contributed by atoms with Crippen LogP contribution in [0.25, 0.3) is 0 Å². The van der Waals surface area contributed by atoms with Crippen molar-refractivity contribution >= 4 is 38.8 Å². The van der Waals surface area contributed by atoms with E-state index in [-0.39, 0.29) is 8.68 Å². The van der Waals surface area contributed by atoms with Crippen LogP contribution >= 0.6 is 22.9 Å². The first-order valence-corrected chi connectivity index (χ1v) is 7.21. The third-order valence-corrected chi connectivity index (χ3v) is 5.26. The van der Waals surface area contributed by atoms with Crippen molar-refractivity contribution < 1.29 is 8.42 Å². The van der Waals surface area contributed by atoms with E-state index in [1.807, 2.05) is 0 Å². The fraction of sp³-hybridized carbons (Fsp3) is 0.250. The van der Waals surface area contributed by atoms with E-state index >= 15 is 0 Å². The second-order valence-corrected chi connectivity index (χ2v) is 6.74. The number of rotatable bonds is 3. The zero-order chi connectivity index (χ0) is 12.6. The van der Waals surface area contributed by atoms with Gasteiger partial charge in [0.2, 0.25) is 0 Å². The van der Waals surface area contributed by atoms with Crippen molar-refractivity contribution in [2.24, 2.45) is 7.05 Å². The van der Waals surface area contributed by atoms with Crippen LogP contribution in [0.15, 0.2) is 16.5 Å². The molecule has 0 atom stereocenters. The second kappa shape index (κ2) is 4.28. The monoisotopic (exact) mass is 292 g/mol. The lowest BCUT2D eigenvalue weighted by Gasteiger charge is -2.06. The molecule has 0 aliphatic rings. The molecule has 0 spiro atoms. The molecule has 2 rings (SSSR count). The van der Waals surface area contributed by atoms with Gasteiger partial charge in [-0.1, -0.05) is 22.9 Å². The maximum absolute atomic E-state index is 12.0. The number of anilines is 1. The number of nitrogens with one attached hydrogen (secondary N) is 1. The highest BCUT2D eigenvalue weighted by atomic mass is 35.5. The molecular formula is C8H9ClN4O2S2. The smallest absolute Gasteiger partial charge is 0.263 e. The zero-order valence-electron chi connectivity index (χ0n) is 9.01. The van der Waals surface area contributed by atoms with E-state index in [1.165, 1.54) is 10.9 Å². The molecule has 6 nitrogen and oxygen atoms in total. The Balaban J connectivity index is 2.38. The molecule has 0 fully saturated rings. The van der Waals surface area contributed by atoms with Crippen LogP contribution in [-0.4, -0.2) is 23.2 Å². The lowest BCUT2D eigenvalue weighted by molar-refractivity contribution is 0.601. The van der Waals surface area contributed by atoms with Crippen LogP contribution in [-0.2, 0) is 17.1 Å². The molecule has 9 heteroatoms. The third kappa shape index (κ3) is 2.43. The van der Waals surface area contributed by atoms with Crippen molar-refractivity contribution in [3.63, 3.8) is 0 Å². The van der Waals surface area contributed by atoms with Crippen LogP contribution in [0, 0.1) is 6.92 Å². The number of aromatic nitrogens is 3. The van der Waals surface area contributed by atoms with E-state index in [4.69, 9.17) is 11.6 Å². The molecule has 0 amide bonds. The van der Waals surface area contributed by atoms with Gasteiger partial charge in [-0.15, -0.1) is 0 Å². The standard InChI is InChI=1S/C8H9ClN4O2S2/c1-5-7(16-8(9)11-5)17(14,15)12-6-3-4-10-13(6)2/h3-4,12H,1-2H3. The number of sulfonamides is 1. The molecule has 2 aromatic rings. The SMILES string of the molecule is Cc1nc(Cl)sc1S(=O)(=O)Nc1ccnn1C. The van der Waals surface area contributed by atoms with Gasteiger partial charge in [-0.25, -0.2) is 13.4 Å². The molecule has 2 heterocycles. The molecule has 92 valence electrons. The summed E-state index contributed by atoms with van der Waals surface area (Å²) in [7, 11) is -2.01. The minimum atomic E-state index is -3.65. The lowest BCUT2D eigenvalue weighted by atomic mass is 10.6. The van der Waals surface area contributed by atoms with Gasteiger partial charge < -0.3 is 0 Å². The van der Waals surface area contributed by atoms with Crippen LogP contribution in [0.3, 0.4) is 0 Å². The van der Waals surface area contributed by atoms with Gasteiger partial charge in [0.1, 0.15) is 5.82 Å². The lowest BCUT2D eigenvalue weighted by Crippen LogP contribution is -2.15. The van der Waals surface area contributed by atoms with Gasteiger partial charge in [0.15, 0.2) is 8.68 Å². The van der Waals surface area contributed by atoms with Gasteiger partial charge in [0.25, 0.3) is 10.0 Å². The first kappa shape index (κ1) is 12.3. The summed E-state index contributed by atoms with van der Waals surface area (Å²) in [5.74, 6) is 0.383. The summed E-state index contributed by atoms with van der Waals surface area (Å²) in [6.07, 6.45) is 1.50. The van der Waals surface area contributed by atoms with Crippen molar-refractivity contribution in [1.29, 1.82) is 0 Å². The Morgan fingerprint density at radius 2 is 2.24 bits per heavy atom. The number of hydrogen-bond acceptors (Lipinski definition) is 5. The van der Waals surface area contributed by atoms with Crippen LogP contribution in [0.1, 0.15) is 5.69 Å². The van der Waals surface area contributed by atoms with E-state index in [1.54, 1.807) is 20.0 Å². The van der Waals surface area contributed by atoms with Crippen LogP contribution in [0.2, 0.25) is 4.47 Å². The zero-order valence-corrected chi connectivity index (χ0v) is 11.4. The molecule has 0 aromatic carbocycles. The summed E-state index contributed by atoms with van der Waals surface area (Å²) in [6.45, 7) is 1.60. The first-order valence-electron chi connectivity index (χ1n) is 4.54. The molecule has 0 saturated carbocycles. The second-order valence-electron chi connectivity index (χ2n) is 3.29. The first-order chi connectivity index (χ1) is 7.90. The van der Waals surface area contributed by atoms with Gasteiger partial charge in [0, 0.05) is 13.1 Å². The summed E-state index contributed by atoms with van der Waals surface area (Å²) in [5, 5.41) is 3.87. The van der Waals surface area contributed by atoms with Crippen molar-refractivity contribution in [3.05, 3.63) is 22.4 Å². The van der Waals surface area contributed by atoms with Gasteiger partial charge >= 0.3 is 0 Å². The van der Waals surface area contributed by atoms with Crippen LogP contribution in [0.5, 0.6) is 0 Å². The Labute approximate surface area is 107 Å². The Morgan fingerprint density at radius 1 is 1.53 bits per heavy atom. The molecule has 0 unspecified atom stereocenters. The summed E-state index contributed by atoms with van der Waals surface area (Å²) >= 11 is 6.61. The van der Waals surface area contributed by atoms with Crippen molar-refractivity contribution in [3.8, 4) is 0 Å². The topological polar surface area (TPSA) is 76.9 Å². The highest BCUT2D eigenvalue weighted by Crippen LogP contribution is 2.28. The highest BCUT2D eigenvalue weighted by molar-refractivity contribution is 7.94. The fourth-order valence-corrected chi connectivity index (χ4v) is 4.09. The average molecular weight is 293 g/mol. The average Bonchev–Trinajstić information content (AvgIpc) is 2.74.